The van der Waals surface area contributed by atoms with Gasteiger partial charge in [0.2, 0.25) is 11.8 Å². The number of aromatic amines is 1. The van der Waals surface area contributed by atoms with Crippen LogP contribution in [0.3, 0.4) is 0 Å². The third-order valence-corrected chi connectivity index (χ3v) is 4.14. The molecule has 0 spiro atoms. The van der Waals surface area contributed by atoms with Crippen LogP contribution in [-0.4, -0.2) is 27.9 Å². The van der Waals surface area contributed by atoms with E-state index in [9.17, 15) is 19.2 Å². The zero-order valence-corrected chi connectivity index (χ0v) is 14.4. The number of H-pyrrole nitrogens is 1. The number of carbonyl (C=O) groups is 2. The average Bonchev–Trinajstić information content (AvgIpc) is 2.65. The maximum atomic E-state index is 12.4. The van der Waals surface area contributed by atoms with E-state index in [0.717, 1.165) is 10.1 Å². The molecule has 0 atom stereocenters. The number of rotatable bonds is 6. The van der Waals surface area contributed by atoms with Gasteiger partial charge >= 0.3 is 5.69 Å². The first-order valence-corrected chi connectivity index (χ1v) is 8.33. The van der Waals surface area contributed by atoms with Gasteiger partial charge in [-0.25, -0.2) is 4.79 Å². The largest absolute Gasteiger partial charge is 0.366 e. The van der Waals surface area contributed by atoms with Crippen molar-refractivity contribution in [2.24, 2.45) is 5.73 Å². The third kappa shape index (κ3) is 4.12. The van der Waals surface area contributed by atoms with Crippen molar-refractivity contribution in [3.8, 4) is 0 Å². The van der Waals surface area contributed by atoms with Gasteiger partial charge in [-0.2, -0.15) is 0 Å². The Morgan fingerprint density at radius 3 is 2.63 bits per heavy atom. The number of hydrogen-bond donors (Lipinski definition) is 3. The fourth-order valence-corrected chi connectivity index (χ4v) is 2.77. The average molecular weight is 366 g/mol. The maximum Gasteiger partial charge on any atom is 0.329 e. The van der Waals surface area contributed by atoms with Gasteiger partial charge in [0.15, 0.2) is 0 Å². The first kappa shape index (κ1) is 18.1. The molecule has 27 heavy (non-hydrogen) atoms. The summed E-state index contributed by atoms with van der Waals surface area (Å²) in [7, 11) is 0. The summed E-state index contributed by atoms with van der Waals surface area (Å²) in [6.07, 6.45) is 0.482. The number of fused-ring (bicyclic) bond motifs is 1. The molecule has 1 heterocycles. The van der Waals surface area contributed by atoms with Gasteiger partial charge in [-0.1, -0.05) is 24.3 Å². The lowest BCUT2D eigenvalue weighted by atomic mass is 10.1. The van der Waals surface area contributed by atoms with Gasteiger partial charge in [0.1, 0.15) is 6.54 Å². The Labute approximate surface area is 153 Å². The minimum Gasteiger partial charge on any atom is -0.366 e. The minimum absolute atomic E-state index is 0.293. The molecule has 8 nitrogen and oxygen atoms in total. The fraction of sp³-hybridized carbons (Fsp3) is 0.158. The van der Waals surface area contributed by atoms with Crippen molar-refractivity contribution in [1.29, 1.82) is 0 Å². The predicted molar refractivity (Wildman–Crippen MR) is 101 cm³/mol. The molecule has 0 aliphatic rings. The van der Waals surface area contributed by atoms with Gasteiger partial charge in [-0.05, 0) is 36.2 Å². The lowest BCUT2D eigenvalue weighted by Crippen LogP contribution is -2.41. The van der Waals surface area contributed by atoms with Crippen LogP contribution in [0.5, 0.6) is 0 Å². The minimum atomic E-state index is -0.636. The Morgan fingerprint density at radius 2 is 1.85 bits per heavy atom. The van der Waals surface area contributed by atoms with Crippen LogP contribution in [0.15, 0.2) is 58.1 Å². The second-order valence-electron chi connectivity index (χ2n) is 6.03. The summed E-state index contributed by atoms with van der Waals surface area (Å²) in [4.78, 5) is 50.4. The molecule has 138 valence electrons. The van der Waals surface area contributed by atoms with Crippen LogP contribution in [-0.2, 0) is 17.8 Å². The number of primary amides is 1. The number of carbonyl (C=O) groups excluding carboxylic acids is 2. The number of nitrogens with two attached hydrogens (primary N) is 1. The fourth-order valence-electron chi connectivity index (χ4n) is 2.77. The number of aromatic nitrogens is 2. The van der Waals surface area contributed by atoms with Gasteiger partial charge in [0.25, 0.3) is 5.56 Å². The van der Waals surface area contributed by atoms with Crippen molar-refractivity contribution in [2.75, 3.05) is 6.54 Å². The van der Waals surface area contributed by atoms with E-state index in [1.807, 2.05) is 6.07 Å². The second-order valence-corrected chi connectivity index (χ2v) is 6.03. The summed E-state index contributed by atoms with van der Waals surface area (Å²) in [6, 6.07) is 13.4. The highest BCUT2D eigenvalue weighted by Gasteiger charge is 2.11. The predicted octanol–water partition coefficient (Wildman–Crippen LogP) is 0.148. The van der Waals surface area contributed by atoms with Crippen molar-refractivity contribution in [1.82, 2.24) is 14.9 Å². The zero-order valence-electron chi connectivity index (χ0n) is 14.4. The van der Waals surface area contributed by atoms with Crippen LogP contribution in [0.1, 0.15) is 15.9 Å². The van der Waals surface area contributed by atoms with E-state index in [1.165, 1.54) is 0 Å². The molecule has 0 fully saturated rings. The highest BCUT2D eigenvalue weighted by Crippen LogP contribution is 2.05. The van der Waals surface area contributed by atoms with Crippen molar-refractivity contribution >= 4 is 22.7 Å². The summed E-state index contributed by atoms with van der Waals surface area (Å²) in [6.45, 7) is -0.0817. The first-order valence-electron chi connectivity index (χ1n) is 8.33. The molecule has 0 bridgehead atoms. The molecule has 0 radical (unpaired) electrons. The number of nitrogens with zero attached hydrogens (tertiary/aromatic N) is 1. The van der Waals surface area contributed by atoms with E-state index in [-0.39, 0.29) is 6.54 Å². The number of hydrogen-bond acceptors (Lipinski definition) is 4. The number of amides is 2. The Bertz CT molecular complexity index is 1130. The van der Waals surface area contributed by atoms with Crippen LogP contribution in [0, 0.1) is 0 Å². The van der Waals surface area contributed by atoms with Crippen LogP contribution in [0.25, 0.3) is 10.9 Å². The van der Waals surface area contributed by atoms with E-state index >= 15 is 0 Å². The first-order chi connectivity index (χ1) is 13.0. The standard InChI is InChI=1S/C19H18N4O4/c20-17(25)13-5-3-4-12(10-13)8-9-21-16(24)11-23-18(26)14-6-1-2-7-15(14)22-19(23)27/h1-7,10H,8-9,11H2,(H2,20,25)(H,21,24)(H,22,27). The topological polar surface area (TPSA) is 127 Å². The van der Waals surface area contributed by atoms with E-state index in [2.05, 4.69) is 10.3 Å². The molecule has 0 aliphatic carbocycles. The van der Waals surface area contributed by atoms with Crippen molar-refractivity contribution < 1.29 is 9.59 Å². The summed E-state index contributed by atoms with van der Waals surface area (Å²) in [5.74, 6) is -0.972. The molecule has 3 aromatic rings. The molecule has 0 saturated heterocycles. The van der Waals surface area contributed by atoms with Gasteiger partial charge < -0.3 is 16.0 Å². The molecule has 0 saturated carbocycles. The van der Waals surface area contributed by atoms with E-state index in [0.29, 0.717) is 29.4 Å². The molecule has 2 amide bonds. The van der Waals surface area contributed by atoms with Crippen LogP contribution in [0.2, 0.25) is 0 Å². The summed E-state index contributed by atoms with van der Waals surface area (Å²) < 4.78 is 0.866. The molecule has 1 aromatic heterocycles. The lowest BCUT2D eigenvalue weighted by Gasteiger charge is -2.08. The van der Waals surface area contributed by atoms with Gasteiger partial charge in [0, 0.05) is 12.1 Å². The van der Waals surface area contributed by atoms with Crippen molar-refractivity contribution in [3.63, 3.8) is 0 Å². The molecular formula is C19H18N4O4. The highest BCUT2D eigenvalue weighted by atomic mass is 16.2. The zero-order chi connectivity index (χ0) is 19.4. The van der Waals surface area contributed by atoms with Crippen LogP contribution in [0.4, 0.5) is 0 Å². The molecule has 0 aliphatic heterocycles. The monoisotopic (exact) mass is 366 g/mol. The Balaban J connectivity index is 1.66. The summed E-state index contributed by atoms with van der Waals surface area (Å²) in [5, 5.41) is 3.00. The number of nitrogens with one attached hydrogen (secondary N) is 2. The molecule has 4 N–H and O–H groups in total. The smallest absolute Gasteiger partial charge is 0.329 e. The van der Waals surface area contributed by atoms with Gasteiger partial charge in [-0.15, -0.1) is 0 Å². The molecule has 0 unspecified atom stereocenters. The normalized spacial score (nSPS) is 10.7. The van der Waals surface area contributed by atoms with Crippen molar-refractivity contribution in [3.05, 3.63) is 80.5 Å². The summed E-state index contributed by atoms with van der Waals surface area (Å²) in [5.41, 5.74) is 5.75. The highest BCUT2D eigenvalue weighted by molar-refractivity contribution is 5.92. The Hall–Kier alpha value is -3.68. The second kappa shape index (κ2) is 7.69. The number of para-hydroxylation sites is 1. The van der Waals surface area contributed by atoms with Crippen LogP contribution < -0.4 is 22.3 Å². The van der Waals surface area contributed by atoms with Crippen LogP contribution >= 0.6 is 0 Å². The van der Waals surface area contributed by atoms with E-state index in [1.54, 1.807) is 42.5 Å². The Kier molecular flexibility index (Phi) is 5.16. The van der Waals surface area contributed by atoms with E-state index < -0.39 is 23.1 Å². The Morgan fingerprint density at radius 1 is 1.07 bits per heavy atom. The molecule has 3 rings (SSSR count). The van der Waals surface area contributed by atoms with E-state index in [4.69, 9.17) is 5.73 Å². The maximum absolute atomic E-state index is 12.4. The van der Waals surface area contributed by atoms with Gasteiger partial charge in [0.05, 0.1) is 10.9 Å². The van der Waals surface area contributed by atoms with Gasteiger partial charge in [-0.3, -0.25) is 19.0 Å². The lowest BCUT2D eigenvalue weighted by molar-refractivity contribution is -0.121. The van der Waals surface area contributed by atoms with Crippen molar-refractivity contribution in [2.45, 2.75) is 13.0 Å². The summed E-state index contributed by atoms with van der Waals surface area (Å²) >= 11 is 0. The SMILES string of the molecule is NC(=O)c1cccc(CCNC(=O)Cn2c(=O)[nH]c3ccccc3c2=O)c1. The number of benzene rings is 2. The molecular weight excluding hydrogens is 348 g/mol. The molecule has 2 aromatic carbocycles. The molecule has 8 heteroatoms. The quantitative estimate of drug-likeness (QED) is 0.574. The third-order valence-electron chi connectivity index (χ3n) is 4.14.